The van der Waals surface area contributed by atoms with E-state index in [0.29, 0.717) is 5.92 Å². The van der Waals surface area contributed by atoms with Gasteiger partial charge >= 0.3 is 0 Å². The predicted octanol–water partition coefficient (Wildman–Crippen LogP) is 2.87. The normalized spacial score (nSPS) is 18.9. The van der Waals surface area contributed by atoms with Gasteiger partial charge in [0.1, 0.15) is 0 Å². The average Bonchev–Trinajstić information content (AvgIpc) is 2.81. The molecule has 18 heavy (non-hydrogen) atoms. The summed E-state index contributed by atoms with van der Waals surface area (Å²) >= 11 is 3.41. The molecule has 98 valence electrons. The maximum Gasteiger partial charge on any atom is 0.253 e. The number of hydrogen-bond acceptors (Lipinski definition) is 2. The molecule has 4 heteroatoms. The zero-order valence-electron chi connectivity index (χ0n) is 10.8. The van der Waals surface area contributed by atoms with E-state index >= 15 is 0 Å². The van der Waals surface area contributed by atoms with Gasteiger partial charge in [0.15, 0.2) is 0 Å². The molecule has 0 spiro atoms. The van der Waals surface area contributed by atoms with E-state index in [1.165, 1.54) is 0 Å². The minimum atomic E-state index is 0.0897. The number of nitrogens with zero attached hydrogens (tertiary/aromatic N) is 1. The van der Waals surface area contributed by atoms with Crippen LogP contribution in [0.3, 0.4) is 0 Å². The van der Waals surface area contributed by atoms with Crippen molar-refractivity contribution in [2.45, 2.75) is 13.3 Å². The summed E-state index contributed by atoms with van der Waals surface area (Å²) in [5.41, 5.74) is 1.78. The van der Waals surface area contributed by atoms with Crippen LogP contribution < -0.4 is 0 Å². The van der Waals surface area contributed by atoms with Crippen LogP contribution in [0.1, 0.15) is 22.3 Å². The van der Waals surface area contributed by atoms with E-state index in [1.54, 1.807) is 4.90 Å². The largest absolute Gasteiger partial charge is 0.381 e. The Kier molecular flexibility index (Phi) is 4.40. The molecule has 1 fully saturated rings. The van der Waals surface area contributed by atoms with Crippen LogP contribution in [-0.4, -0.2) is 37.6 Å². The van der Waals surface area contributed by atoms with E-state index in [9.17, 15) is 4.79 Å². The molecular formula is C14H18BrNO2. The lowest BCUT2D eigenvalue weighted by Gasteiger charge is -2.21. The number of aryl methyl sites for hydroxylation is 1. The maximum absolute atomic E-state index is 12.3. The van der Waals surface area contributed by atoms with Crippen molar-refractivity contribution in [3.63, 3.8) is 0 Å². The quantitative estimate of drug-likeness (QED) is 0.859. The van der Waals surface area contributed by atoms with Crippen LogP contribution in [0.25, 0.3) is 0 Å². The Morgan fingerprint density at radius 2 is 2.33 bits per heavy atom. The van der Waals surface area contributed by atoms with Crippen molar-refractivity contribution in [1.82, 2.24) is 4.90 Å². The van der Waals surface area contributed by atoms with Crippen molar-refractivity contribution in [2.75, 3.05) is 26.8 Å². The fourth-order valence-electron chi connectivity index (χ4n) is 2.27. The lowest BCUT2D eigenvalue weighted by atomic mass is 10.1. The highest BCUT2D eigenvalue weighted by Gasteiger charge is 2.21. The smallest absolute Gasteiger partial charge is 0.253 e. The maximum atomic E-state index is 12.3. The molecule has 1 aliphatic heterocycles. The third-order valence-corrected chi connectivity index (χ3v) is 3.81. The van der Waals surface area contributed by atoms with E-state index in [0.717, 1.165) is 41.8 Å². The van der Waals surface area contributed by atoms with Gasteiger partial charge in [0.2, 0.25) is 0 Å². The van der Waals surface area contributed by atoms with Gasteiger partial charge < -0.3 is 9.64 Å². The van der Waals surface area contributed by atoms with Crippen LogP contribution in [0.2, 0.25) is 0 Å². The summed E-state index contributed by atoms with van der Waals surface area (Å²) in [6.07, 6.45) is 1.05. The summed E-state index contributed by atoms with van der Waals surface area (Å²) in [4.78, 5) is 14.1. The first-order valence-electron chi connectivity index (χ1n) is 6.17. The monoisotopic (exact) mass is 311 g/mol. The van der Waals surface area contributed by atoms with Crippen molar-refractivity contribution in [3.05, 3.63) is 33.8 Å². The molecule has 1 heterocycles. The van der Waals surface area contributed by atoms with Gasteiger partial charge in [-0.15, -0.1) is 0 Å². The molecule has 2 rings (SSSR count). The summed E-state index contributed by atoms with van der Waals surface area (Å²) in [6.45, 7) is 4.33. The van der Waals surface area contributed by atoms with Crippen molar-refractivity contribution >= 4 is 21.8 Å². The Labute approximate surface area is 116 Å². The van der Waals surface area contributed by atoms with Crippen molar-refractivity contribution < 1.29 is 9.53 Å². The fraction of sp³-hybridized carbons (Fsp3) is 0.500. The molecule has 0 radical (unpaired) electrons. The van der Waals surface area contributed by atoms with Crippen LogP contribution in [0, 0.1) is 12.8 Å². The first-order valence-corrected chi connectivity index (χ1v) is 6.96. The second-order valence-electron chi connectivity index (χ2n) is 4.87. The Balaban J connectivity index is 2.05. The van der Waals surface area contributed by atoms with Crippen LogP contribution >= 0.6 is 15.9 Å². The number of halogens is 1. The van der Waals surface area contributed by atoms with Gasteiger partial charge in [-0.05, 0) is 37.1 Å². The minimum absolute atomic E-state index is 0.0897. The Morgan fingerprint density at radius 3 is 2.94 bits per heavy atom. The highest BCUT2D eigenvalue weighted by Crippen LogP contribution is 2.19. The third kappa shape index (κ3) is 3.12. The van der Waals surface area contributed by atoms with Crippen LogP contribution in [0.4, 0.5) is 0 Å². The first kappa shape index (κ1) is 13.6. The molecule has 1 aromatic rings. The molecule has 3 nitrogen and oxygen atoms in total. The van der Waals surface area contributed by atoms with E-state index in [4.69, 9.17) is 4.74 Å². The number of ether oxygens (including phenoxy) is 1. The number of rotatable bonds is 3. The summed E-state index contributed by atoms with van der Waals surface area (Å²) < 4.78 is 6.34. The van der Waals surface area contributed by atoms with Crippen molar-refractivity contribution in [3.8, 4) is 0 Å². The molecule has 0 aliphatic carbocycles. The first-order chi connectivity index (χ1) is 8.58. The fourth-order valence-corrected chi connectivity index (χ4v) is 2.75. The lowest BCUT2D eigenvalue weighted by Crippen LogP contribution is -2.32. The lowest BCUT2D eigenvalue weighted by molar-refractivity contribution is 0.0765. The van der Waals surface area contributed by atoms with Crippen LogP contribution in [0.15, 0.2) is 22.7 Å². The predicted molar refractivity (Wildman–Crippen MR) is 74.8 cm³/mol. The second kappa shape index (κ2) is 5.85. The van der Waals surface area contributed by atoms with Gasteiger partial charge in [-0.1, -0.05) is 15.9 Å². The number of carbonyl (C=O) groups excluding carboxylic acids is 1. The number of carbonyl (C=O) groups is 1. The molecule has 1 amide bonds. The molecule has 1 unspecified atom stereocenters. The molecule has 0 saturated carbocycles. The Hall–Kier alpha value is -0.870. The standard InChI is InChI=1S/C14H18BrNO2/c1-10-7-12(15)3-4-13(10)14(17)16(2)8-11-5-6-18-9-11/h3-4,7,11H,5-6,8-9H2,1-2H3. The molecule has 1 saturated heterocycles. The van der Waals surface area contributed by atoms with Gasteiger partial charge in [0, 0.05) is 36.2 Å². The highest BCUT2D eigenvalue weighted by molar-refractivity contribution is 9.10. The molecule has 1 atom stereocenters. The Bertz CT molecular complexity index is 441. The average molecular weight is 312 g/mol. The third-order valence-electron chi connectivity index (χ3n) is 3.32. The number of amides is 1. The zero-order chi connectivity index (χ0) is 13.1. The molecule has 0 aromatic heterocycles. The molecule has 0 N–H and O–H groups in total. The van der Waals surface area contributed by atoms with Gasteiger partial charge in [-0.25, -0.2) is 0 Å². The van der Waals surface area contributed by atoms with Gasteiger partial charge in [0.05, 0.1) is 6.61 Å². The number of hydrogen-bond donors (Lipinski definition) is 0. The van der Waals surface area contributed by atoms with E-state index < -0.39 is 0 Å². The Morgan fingerprint density at radius 1 is 1.56 bits per heavy atom. The highest BCUT2D eigenvalue weighted by atomic mass is 79.9. The molecule has 0 bridgehead atoms. The van der Waals surface area contributed by atoms with E-state index in [1.807, 2.05) is 32.2 Å². The van der Waals surface area contributed by atoms with Gasteiger partial charge in [-0.3, -0.25) is 4.79 Å². The number of benzene rings is 1. The van der Waals surface area contributed by atoms with Crippen molar-refractivity contribution in [1.29, 1.82) is 0 Å². The van der Waals surface area contributed by atoms with E-state index in [2.05, 4.69) is 15.9 Å². The van der Waals surface area contributed by atoms with Gasteiger partial charge in [-0.2, -0.15) is 0 Å². The summed E-state index contributed by atoms with van der Waals surface area (Å²) in [5, 5.41) is 0. The molecule has 1 aromatic carbocycles. The summed E-state index contributed by atoms with van der Waals surface area (Å²) in [7, 11) is 1.86. The zero-order valence-corrected chi connectivity index (χ0v) is 12.4. The second-order valence-corrected chi connectivity index (χ2v) is 5.79. The summed E-state index contributed by atoms with van der Waals surface area (Å²) in [6, 6.07) is 5.76. The minimum Gasteiger partial charge on any atom is -0.381 e. The molecular weight excluding hydrogens is 294 g/mol. The van der Waals surface area contributed by atoms with Crippen molar-refractivity contribution in [2.24, 2.45) is 5.92 Å². The van der Waals surface area contributed by atoms with Crippen LogP contribution in [0.5, 0.6) is 0 Å². The molecule has 1 aliphatic rings. The van der Waals surface area contributed by atoms with E-state index in [-0.39, 0.29) is 5.91 Å². The summed E-state index contributed by atoms with van der Waals surface area (Å²) in [5.74, 6) is 0.571. The van der Waals surface area contributed by atoms with Gasteiger partial charge in [0.25, 0.3) is 5.91 Å². The topological polar surface area (TPSA) is 29.5 Å². The SMILES string of the molecule is Cc1cc(Br)ccc1C(=O)N(C)CC1CCOC1. The van der Waals surface area contributed by atoms with Crippen LogP contribution in [-0.2, 0) is 4.74 Å².